The summed E-state index contributed by atoms with van der Waals surface area (Å²) in [7, 11) is 0. The van der Waals surface area contributed by atoms with Gasteiger partial charge in [-0.15, -0.1) is 0 Å². The molecule has 0 aliphatic rings. The van der Waals surface area contributed by atoms with Crippen molar-refractivity contribution in [1.82, 2.24) is 0 Å². The second kappa shape index (κ2) is 4.40. The average Bonchev–Trinajstić information content (AvgIpc) is 2.04. The summed E-state index contributed by atoms with van der Waals surface area (Å²) in [5, 5.41) is 0. The van der Waals surface area contributed by atoms with Crippen molar-refractivity contribution in [3.05, 3.63) is 35.4 Å². The second-order valence-corrected chi connectivity index (χ2v) is 2.83. The summed E-state index contributed by atoms with van der Waals surface area (Å²) in [5.41, 5.74) is 6.80. The number of aldehydes is 1. The largest absolute Gasteiger partial charge is 0.369 e. The third-order valence-electron chi connectivity index (χ3n) is 1.69. The van der Waals surface area contributed by atoms with Gasteiger partial charge in [-0.3, -0.25) is 4.79 Å². The Morgan fingerprint density at radius 1 is 1.38 bits per heavy atom. The third-order valence-corrected chi connectivity index (χ3v) is 1.69. The van der Waals surface area contributed by atoms with Crippen LogP contribution in [0.4, 0.5) is 0 Å². The minimum atomic E-state index is -0.358. The molecule has 0 aliphatic carbocycles. The van der Waals surface area contributed by atoms with Gasteiger partial charge in [0.2, 0.25) is 5.91 Å². The Labute approximate surface area is 76.6 Å². The van der Waals surface area contributed by atoms with Gasteiger partial charge in [0.1, 0.15) is 6.29 Å². The molecule has 1 rings (SSSR count). The fourth-order valence-corrected chi connectivity index (χ4v) is 1.16. The molecule has 0 unspecified atom stereocenters. The zero-order chi connectivity index (χ0) is 9.68. The third kappa shape index (κ3) is 3.07. The zero-order valence-electron chi connectivity index (χ0n) is 7.19. The van der Waals surface area contributed by atoms with Crippen LogP contribution in [0.15, 0.2) is 24.3 Å². The summed E-state index contributed by atoms with van der Waals surface area (Å²) in [5.74, 6) is -0.358. The predicted molar refractivity (Wildman–Crippen MR) is 49.1 cm³/mol. The van der Waals surface area contributed by atoms with Gasteiger partial charge < -0.3 is 10.5 Å². The predicted octanol–water partition coefficient (Wildman–Crippen LogP) is 0.456. The van der Waals surface area contributed by atoms with Gasteiger partial charge in [-0.25, -0.2) is 0 Å². The molecule has 1 aromatic rings. The number of carbonyl (C=O) groups excluding carboxylic acids is 2. The summed E-state index contributed by atoms with van der Waals surface area (Å²) in [6.07, 6.45) is 1.45. The van der Waals surface area contributed by atoms with Crippen molar-refractivity contribution in [2.45, 2.75) is 12.8 Å². The number of benzene rings is 1. The molecule has 3 nitrogen and oxygen atoms in total. The van der Waals surface area contributed by atoms with Crippen molar-refractivity contribution in [2.24, 2.45) is 5.73 Å². The van der Waals surface area contributed by atoms with Gasteiger partial charge in [0.25, 0.3) is 0 Å². The van der Waals surface area contributed by atoms with E-state index in [4.69, 9.17) is 5.73 Å². The summed E-state index contributed by atoms with van der Waals surface area (Å²) >= 11 is 0. The summed E-state index contributed by atoms with van der Waals surface area (Å²) < 4.78 is 0. The monoisotopic (exact) mass is 177 g/mol. The SMILES string of the molecule is NC(=O)Cc1cccc(CC=O)c1. The normalized spacial score (nSPS) is 9.54. The second-order valence-electron chi connectivity index (χ2n) is 2.83. The van der Waals surface area contributed by atoms with Crippen molar-refractivity contribution in [3.63, 3.8) is 0 Å². The van der Waals surface area contributed by atoms with Gasteiger partial charge in [-0.1, -0.05) is 24.3 Å². The van der Waals surface area contributed by atoms with E-state index in [-0.39, 0.29) is 12.3 Å². The first-order valence-corrected chi connectivity index (χ1v) is 4.02. The van der Waals surface area contributed by atoms with Crippen LogP contribution in [-0.4, -0.2) is 12.2 Å². The zero-order valence-corrected chi connectivity index (χ0v) is 7.19. The quantitative estimate of drug-likeness (QED) is 0.679. The van der Waals surface area contributed by atoms with Gasteiger partial charge in [0.15, 0.2) is 0 Å². The van der Waals surface area contributed by atoms with Crippen LogP contribution < -0.4 is 5.73 Å². The smallest absolute Gasteiger partial charge is 0.221 e. The minimum Gasteiger partial charge on any atom is -0.369 e. The molecule has 0 atom stereocenters. The number of nitrogens with two attached hydrogens (primary N) is 1. The maximum atomic E-state index is 10.6. The van der Waals surface area contributed by atoms with E-state index in [2.05, 4.69) is 0 Å². The molecule has 0 fully saturated rings. The van der Waals surface area contributed by atoms with Crippen molar-refractivity contribution < 1.29 is 9.59 Å². The minimum absolute atomic E-state index is 0.229. The summed E-state index contributed by atoms with van der Waals surface area (Å²) in [6, 6.07) is 7.30. The molecule has 1 amide bonds. The summed E-state index contributed by atoms with van der Waals surface area (Å²) in [6.45, 7) is 0. The molecule has 0 bridgehead atoms. The highest BCUT2D eigenvalue weighted by Gasteiger charge is 1.98. The fraction of sp³-hybridized carbons (Fsp3) is 0.200. The fourth-order valence-electron chi connectivity index (χ4n) is 1.16. The van der Waals surface area contributed by atoms with E-state index in [1.165, 1.54) is 0 Å². The van der Waals surface area contributed by atoms with Crippen LogP contribution >= 0.6 is 0 Å². The van der Waals surface area contributed by atoms with Crippen LogP contribution in [0, 0.1) is 0 Å². The van der Waals surface area contributed by atoms with Gasteiger partial charge in [0.05, 0.1) is 6.42 Å². The molecule has 2 N–H and O–H groups in total. The standard InChI is InChI=1S/C10H11NO2/c11-10(13)7-9-3-1-2-8(6-9)4-5-12/h1-3,5-6H,4,7H2,(H2,11,13). The number of hydrogen-bond acceptors (Lipinski definition) is 2. The lowest BCUT2D eigenvalue weighted by Crippen LogP contribution is -2.13. The molecule has 68 valence electrons. The lowest BCUT2D eigenvalue weighted by Gasteiger charge is -1.99. The molecule has 0 spiro atoms. The molecule has 0 aliphatic heterocycles. The topological polar surface area (TPSA) is 60.2 Å². The maximum absolute atomic E-state index is 10.6. The Morgan fingerprint density at radius 3 is 2.69 bits per heavy atom. The van der Waals surface area contributed by atoms with Crippen molar-refractivity contribution >= 4 is 12.2 Å². The Hall–Kier alpha value is -1.64. The highest BCUT2D eigenvalue weighted by atomic mass is 16.1. The molecular weight excluding hydrogens is 166 g/mol. The van der Waals surface area contributed by atoms with Gasteiger partial charge in [-0.2, -0.15) is 0 Å². The molecule has 0 saturated heterocycles. The Balaban J connectivity index is 2.78. The Bertz CT molecular complexity index is 320. The molecule has 0 heterocycles. The van der Waals surface area contributed by atoms with Crippen LogP contribution in [0.1, 0.15) is 11.1 Å². The van der Waals surface area contributed by atoms with Crippen LogP contribution in [-0.2, 0) is 22.4 Å². The van der Waals surface area contributed by atoms with E-state index in [9.17, 15) is 9.59 Å². The average molecular weight is 177 g/mol. The van der Waals surface area contributed by atoms with E-state index in [1.54, 1.807) is 0 Å². The van der Waals surface area contributed by atoms with Crippen LogP contribution in [0.5, 0.6) is 0 Å². The van der Waals surface area contributed by atoms with Crippen molar-refractivity contribution in [1.29, 1.82) is 0 Å². The molecule has 3 heteroatoms. The van der Waals surface area contributed by atoms with Gasteiger partial charge >= 0.3 is 0 Å². The number of amides is 1. The molecule has 0 aromatic heterocycles. The molecular formula is C10H11NO2. The van der Waals surface area contributed by atoms with E-state index in [1.807, 2.05) is 24.3 Å². The van der Waals surface area contributed by atoms with E-state index in [0.717, 1.165) is 17.4 Å². The number of hydrogen-bond donors (Lipinski definition) is 1. The van der Waals surface area contributed by atoms with Crippen LogP contribution in [0.25, 0.3) is 0 Å². The Morgan fingerprint density at radius 2 is 2.08 bits per heavy atom. The van der Waals surface area contributed by atoms with Gasteiger partial charge in [-0.05, 0) is 11.1 Å². The Kier molecular flexibility index (Phi) is 3.20. The first-order chi connectivity index (χ1) is 6.22. The van der Waals surface area contributed by atoms with E-state index in [0.29, 0.717) is 6.42 Å². The van der Waals surface area contributed by atoms with Crippen LogP contribution in [0.2, 0.25) is 0 Å². The lowest BCUT2D eigenvalue weighted by molar-refractivity contribution is -0.117. The number of carbonyl (C=O) groups is 2. The van der Waals surface area contributed by atoms with Crippen molar-refractivity contribution in [2.75, 3.05) is 0 Å². The number of primary amides is 1. The number of rotatable bonds is 4. The van der Waals surface area contributed by atoms with Crippen molar-refractivity contribution in [3.8, 4) is 0 Å². The highest BCUT2D eigenvalue weighted by molar-refractivity contribution is 5.76. The highest BCUT2D eigenvalue weighted by Crippen LogP contribution is 2.05. The first-order valence-electron chi connectivity index (χ1n) is 4.02. The van der Waals surface area contributed by atoms with Gasteiger partial charge in [0, 0.05) is 6.42 Å². The lowest BCUT2D eigenvalue weighted by atomic mass is 10.1. The maximum Gasteiger partial charge on any atom is 0.221 e. The van der Waals surface area contributed by atoms with Crippen LogP contribution in [0.3, 0.4) is 0 Å². The molecule has 0 saturated carbocycles. The molecule has 1 aromatic carbocycles. The molecule has 13 heavy (non-hydrogen) atoms. The first kappa shape index (κ1) is 9.45. The van der Waals surface area contributed by atoms with E-state index >= 15 is 0 Å². The molecule has 0 radical (unpaired) electrons. The summed E-state index contributed by atoms with van der Waals surface area (Å²) in [4.78, 5) is 20.8. The van der Waals surface area contributed by atoms with E-state index < -0.39 is 0 Å².